The van der Waals surface area contributed by atoms with Crippen molar-refractivity contribution >= 4 is 17.6 Å². The number of hydrogen-bond acceptors (Lipinski definition) is 5. The third-order valence-electron chi connectivity index (χ3n) is 4.44. The van der Waals surface area contributed by atoms with Crippen molar-refractivity contribution in [2.45, 2.75) is 19.5 Å². The van der Waals surface area contributed by atoms with Gasteiger partial charge in [-0.25, -0.2) is 14.8 Å². The molecule has 144 valence electrons. The number of aryl methyl sites for hydroxylation is 1. The smallest absolute Gasteiger partial charge is 0.418 e. The Morgan fingerprint density at radius 1 is 1.33 bits per heavy atom. The van der Waals surface area contributed by atoms with Gasteiger partial charge in [-0.15, -0.1) is 0 Å². The SMILES string of the molecule is Cc1cc(C(=O)O)nc(N2CCC(CNc3ccccc3C(F)(F)F)C2)n1. The number of carboxylic acids is 1. The van der Waals surface area contributed by atoms with Gasteiger partial charge in [-0.05, 0) is 37.5 Å². The average molecular weight is 380 g/mol. The van der Waals surface area contributed by atoms with Crippen molar-refractivity contribution in [1.82, 2.24) is 9.97 Å². The maximum atomic E-state index is 13.1. The van der Waals surface area contributed by atoms with E-state index in [9.17, 15) is 18.0 Å². The van der Waals surface area contributed by atoms with Gasteiger partial charge in [0, 0.05) is 31.0 Å². The fourth-order valence-corrected chi connectivity index (χ4v) is 3.12. The van der Waals surface area contributed by atoms with Gasteiger partial charge in [0.05, 0.1) is 5.56 Å². The molecule has 1 saturated heterocycles. The lowest BCUT2D eigenvalue weighted by Gasteiger charge is -2.19. The van der Waals surface area contributed by atoms with E-state index in [4.69, 9.17) is 5.11 Å². The highest BCUT2D eigenvalue weighted by Gasteiger charge is 2.33. The average Bonchev–Trinajstić information content (AvgIpc) is 3.08. The minimum absolute atomic E-state index is 0.0587. The van der Waals surface area contributed by atoms with Crippen LogP contribution in [0.1, 0.15) is 28.2 Å². The van der Waals surface area contributed by atoms with Gasteiger partial charge in [0.15, 0.2) is 5.69 Å². The third kappa shape index (κ3) is 4.47. The molecule has 6 nitrogen and oxygen atoms in total. The molecule has 1 atom stereocenters. The first-order valence-corrected chi connectivity index (χ1v) is 8.48. The number of carbonyl (C=O) groups is 1. The van der Waals surface area contributed by atoms with E-state index in [0.717, 1.165) is 12.5 Å². The van der Waals surface area contributed by atoms with Gasteiger partial charge in [0.25, 0.3) is 0 Å². The monoisotopic (exact) mass is 380 g/mol. The van der Waals surface area contributed by atoms with Crippen LogP contribution >= 0.6 is 0 Å². The second-order valence-electron chi connectivity index (χ2n) is 6.52. The Bertz CT molecular complexity index is 842. The summed E-state index contributed by atoms with van der Waals surface area (Å²) >= 11 is 0. The van der Waals surface area contributed by atoms with E-state index in [1.807, 2.05) is 4.90 Å². The number of rotatable bonds is 5. The largest absolute Gasteiger partial charge is 0.477 e. The molecular weight excluding hydrogens is 361 g/mol. The van der Waals surface area contributed by atoms with Crippen molar-refractivity contribution in [2.24, 2.45) is 5.92 Å². The molecule has 1 aromatic carbocycles. The van der Waals surface area contributed by atoms with Gasteiger partial charge < -0.3 is 15.3 Å². The van der Waals surface area contributed by atoms with Gasteiger partial charge in [-0.2, -0.15) is 13.2 Å². The summed E-state index contributed by atoms with van der Waals surface area (Å²) in [6.45, 7) is 3.24. The molecule has 2 N–H and O–H groups in total. The Morgan fingerprint density at radius 3 is 2.78 bits per heavy atom. The summed E-state index contributed by atoms with van der Waals surface area (Å²) in [5, 5.41) is 12.0. The fourth-order valence-electron chi connectivity index (χ4n) is 3.12. The molecule has 2 heterocycles. The van der Waals surface area contributed by atoms with Crippen LogP contribution in [-0.4, -0.2) is 40.7 Å². The Kier molecular flexibility index (Phi) is 5.20. The molecule has 0 saturated carbocycles. The van der Waals surface area contributed by atoms with E-state index >= 15 is 0 Å². The predicted molar refractivity (Wildman–Crippen MR) is 94.0 cm³/mol. The highest BCUT2D eigenvalue weighted by molar-refractivity contribution is 5.85. The molecule has 9 heteroatoms. The Morgan fingerprint density at radius 2 is 2.07 bits per heavy atom. The van der Waals surface area contributed by atoms with Crippen LogP contribution in [0.3, 0.4) is 0 Å². The molecule has 0 spiro atoms. The molecule has 3 rings (SSSR count). The van der Waals surface area contributed by atoms with Gasteiger partial charge in [0.1, 0.15) is 0 Å². The van der Waals surface area contributed by atoms with Gasteiger partial charge in [0.2, 0.25) is 5.95 Å². The molecule has 0 radical (unpaired) electrons. The summed E-state index contributed by atoms with van der Waals surface area (Å²) in [4.78, 5) is 21.3. The maximum absolute atomic E-state index is 13.1. The van der Waals surface area contributed by atoms with Gasteiger partial charge >= 0.3 is 12.1 Å². The molecule has 1 unspecified atom stereocenters. The van der Waals surface area contributed by atoms with E-state index < -0.39 is 17.7 Å². The zero-order valence-electron chi connectivity index (χ0n) is 14.6. The second kappa shape index (κ2) is 7.42. The number of anilines is 2. The third-order valence-corrected chi connectivity index (χ3v) is 4.44. The Labute approximate surface area is 154 Å². The van der Waals surface area contributed by atoms with Crippen molar-refractivity contribution in [3.8, 4) is 0 Å². The minimum atomic E-state index is -4.41. The molecule has 2 aromatic rings. The van der Waals surface area contributed by atoms with Crippen molar-refractivity contribution in [3.63, 3.8) is 0 Å². The number of aromatic nitrogens is 2. The molecule has 27 heavy (non-hydrogen) atoms. The molecule has 1 aromatic heterocycles. The predicted octanol–water partition coefficient (Wildman–Crippen LogP) is 3.44. The molecule has 1 fully saturated rings. The van der Waals surface area contributed by atoms with Crippen molar-refractivity contribution in [1.29, 1.82) is 0 Å². The first-order valence-electron chi connectivity index (χ1n) is 8.48. The minimum Gasteiger partial charge on any atom is -0.477 e. The zero-order valence-corrected chi connectivity index (χ0v) is 14.6. The number of aromatic carboxylic acids is 1. The molecule has 0 aliphatic carbocycles. The second-order valence-corrected chi connectivity index (χ2v) is 6.52. The lowest BCUT2D eigenvalue weighted by atomic mass is 10.1. The van der Waals surface area contributed by atoms with Crippen LogP contribution in [0.25, 0.3) is 0 Å². The van der Waals surface area contributed by atoms with E-state index in [-0.39, 0.29) is 17.3 Å². The first kappa shape index (κ1) is 18.9. The number of alkyl halides is 3. The topological polar surface area (TPSA) is 78.3 Å². The summed E-state index contributed by atoms with van der Waals surface area (Å²) in [5.74, 6) is -0.683. The number of carboxylic acid groups (broad SMARTS) is 1. The van der Waals surface area contributed by atoms with Crippen LogP contribution in [0.15, 0.2) is 30.3 Å². The molecule has 1 aliphatic rings. The number of nitrogens with zero attached hydrogens (tertiary/aromatic N) is 3. The number of halogens is 3. The van der Waals surface area contributed by atoms with Crippen LogP contribution in [0.5, 0.6) is 0 Å². The lowest BCUT2D eigenvalue weighted by Crippen LogP contribution is -2.25. The Hall–Kier alpha value is -2.84. The zero-order chi connectivity index (χ0) is 19.6. The number of hydrogen-bond donors (Lipinski definition) is 2. The van der Waals surface area contributed by atoms with Crippen molar-refractivity contribution < 1.29 is 23.1 Å². The van der Waals surface area contributed by atoms with Crippen LogP contribution in [0.4, 0.5) is 24.8 Å². The van der Waals surface area contributed by atoms with Gasteiger partial charge in [-0.3, -0.25) is 0 Å². The Balaban J connectivity index is 1.66. The van der Waals surface area contributed by atoms with E-state index in [1.165, 1.54) is 18.2 Å². The summed E-state index contributed by atoms with van der Waals surface area (Å²) < 4.78 is 39.2. The summed E-state index contributed by atoms with van der Waals surface area (Å²) in [5.41, 5.74) is -0.146. The quantitative estimate of drug-likeness (QED) is 0.827. The molecule has 1 aliphatic heterocycles. The standard InChI is InChI=1S/C18H19F3N4O2/c1-11-8-15(16(26)27)24-17(23-11)25-7-6-12(10-25)9-22-14-5-3-2-4-13(14)18(19,20)21/h2-5,8,12,22H,6-7,9-10H2,1H3,(H,26,27). The van der Waals surface area contributed by atoms with Crippen LogP contribution in [0.2, 0.25) is 0 Å². The normalized spacial score (nSPS) is 17.2. The van der Waals surface area contributed by atoms with E-state index in [1.54, 1.807) is 13.0 Å². The maximum Gasteiger partial charge on any atom is 0.418 e. The van der Waals surface area contributed by atoms with Gasteiger partial charge in [-0.1, -0.05) is 12.1 Å². The van der Waals surface area contributed by atoms with E-state index in [2.05, 4.69) is 15.3 Å². The first-order chi connectivity index (χ1) is 12.7. The summed E-state index contributed by atoms with van der Waals surface area (Å²) in [6.07, 6.45) is -3.66. The molecule has 0 bridgehead atoms. The highest BCUT2D eigenvalue weighted by Crippen LogP contribution is 2.34. The van der Waals surface area contributed by atoms with Crippen LogP contribution < -0.4 is 10.2 Å². The lowest BCUT2D eigenvalue weighted by molar-refractivity contribution is -0.137. The number of nitrogens with one attached hydrogen (secondary N) is 1. The summed E-state index contributed by atoms with van der Waals surface area (Å²) in [6, 6.07) is 6.79. The van der Waals surface area contributed by atoms with Crippen LogP contribution in [-0.2, 0) is 6.18 Å². The number of para-hydroxylation sites is 1. The molecule has 0 amide bonds. The fraction of sp³-hybridized carbons (Fsp3) is 0.389. The summed E-state index contributed by atoms with van der Waals surface area (Å²) in [7, 11) is 0. The highest BCUT2D eigenvalue weighted by atomic mass is 19.4. The van der Waals surface area contributed by atoms with Crippen LogP contribution in [0, 0.1) is 12.8 Å². The van der Waals surface area contributed by atoms with E-state index in [0.29, 0.717) is 31.3 Å². The molecular formula is C18H19F3N4O2. The van der Waals surface area contributed by atoms with Crippen molar-refractivity contribution in [3.05, 3.63) is 47.3 Å². The number of benzene rings is 1. The van der Waals surface area contributed by atoms with Crippen molar-refractivity contribution in [2.75, 3.05) is 29.9 Å².